The summed E-state index contributed by atoms with van der Waals surface area (Å²) >= 11 is 0. The number of rotatable bonds is 2. The predicted octanol–water partition coefficient (Wildman–Crippen LogP) is -0.522. The number of amides is 1. The molecule has 2 atom stereocenters. The number of nitrogens with two attached hydrogens (primary N) is 2. The van der Waals surface area contributed by atoms with Crippen LogP contribution in [0.2, 0.25) is 0 Å². The quantitative estimate of drug-likeness (QED) is 0.554. The third-order valence-corrected chi connectivity index (χ3v) is 3.13. The van der Waals surface area contributed by atoms with Gasteiger partial charge in [0.2, 0.25) is 5.91 Å². The number of carbonyl (C=O) groups is 1. The molecule has 1 aromatic carbocycles. The zero-order valence-corrected chi connectivity index (χ0v) is 9.86. The molecule has 0 saturated carbocycles. The van der Waals surface area contributed by atoms with Gasteiger partial charge in [-0.25, -0.2) is 0 Å². The lowest BCUT2D eigenvalue weighted by molar-refractivity contribution is 0.1000. The van der Waals surface area contributed by atoms with E-state index in [-0.39, 0.29) is 11.7 Å². The summed E-state index contributed by atoms with van der Waals surface area (Å²) in [5, 5.41) is 6.61. The summed E-state index contributed by atoms with van der Waals surface area (Å²) in [6.45, 7) is 3.56. The molecular weight excluding hydrogens is 216 g/mol. The molecule has 2 rings (SSSR count). The van der Waals surface area contributed by atoms with Crippen LogP contribution in [-0.2, 0) is 5.54 Å². The SMILES string of the molecule is CC1(c2cccc(C(N)=O)c2)CNCC(N)N1. The van der Waals surface area contributed by atoms with Crippen molar-refractivity contribution in [1.82, 2.24) is 10.6 Å². The van der Waals surface area contributed by atoms with Crippen molar-refractivity contribution in [3.63, 3.8) is 0 Å². The maximum absolute atomic E-state index is 11.2. The Bertz CT molecular complexity index is 434. The second kappa shape index (κ2) is 4.44. The molecule has 1 aliphatic heterocycles. The van der Waals surface area contributed by atoms with E-state index < -0.39 is 5.91 Å². The van der Waals surface area contributed by atoms with Crippen LogP contribution in [-0.4, -0.2) is 25.2 Å². The maximum Gasteiger partial charge on any atom is 0.248 e. The summed E-state index contributed by atoms with van der Waals surface area (Å²) in [6.07, 6.45) is -0.0917. The number of benzene rings is 1. The van der Waals surface area contributed by atoms with Gasteiger partial charge in [-0.3, -0.25) is 10.1 Å². The molecule has 0 spiro atoms. The van der Waals surface area contributed by atoms with Gasteiger partial charge < -0.3 is 16.8 Å². The van der Waals surface area contributed by atoms with Crippen LogP contribution in [0.4, 0.5) is 0 Å². The third kappa shape index (κ3) is 2.46. The number of nitrogens with one attached hydrogen (secondary N) is 2. The molecule has 1 aromatic rings. The molecule has 6 N–H and O–H groups in total. The van der Waals surface area contributed by atoms with Crippen molar-refractivity contribution >= 4 is 5.91 Å². The van der Waals surface area contributed by atoms with Gasteiger partial charge in [-0.05, 0) is 24.6 Å². The van der Waals surface area contributed by atoms with Gasteiger partial charge in [0.25, 0.3) is 0 Å². The molecule has 17 heavy (non-hydrogen) atoms. The summed E-state index contributed by atoms with van der Waals surface area (Å²) in [4.78, 5) is 11.2. The second-order valence-corrected chi connectivity index (χ2v) is 4.66. The Morgan fingerprint density at radius 1 is 1.53 bits per heavy atom. The number of carbonyl (C=O) groups excluding carboxylic acids is 1. The largest absolute Gasteiger partial charge is 0.366 e. The Morgan fingerprint density at radius 3 is 2.94 bits per heavy atom. The Kier molecular flexibility index (Phi) is 3.15. The highest BCUT2D eigenvalue weighted by atomic mass is 16.1. The molecule has 0 aromatic heterocycles. The van der Waals surface area contributed by atoms with E-state index >= 15 is 0 Å². The average molecular weight is 234 g/mol. The summed E-state index contributed by atoms with van der Waals surface area (Å²) in [5.74, 6) is -0.413. The zero-order valence-electron chi connectivity index (χ0n) is 9.86. The molecule has 1 aliphatic rings. The Balaban J connectivity index is 2.32. The van der Waals surface area contributed by atoms with Crippen molar-refractivity contribution < 1.29 is 4.79 Å². The van der Waals surface area contributed by atoms with Gasteiger partial charge in [-0.1, -0.05) is 12.1 Å². The predicted molar refractivity (Wildman–Crippen MR) is 66.3 cm³/mol. The van der Waals surface area contributed by atoms with Gasteiger partial charge in [0.05, 0.1) is 11.7 Å². The van der Waals surface area contributed by atoms with Gasteiger partial charge in [-0.15, -0.1) is 0 Å². The second-order valence-electron chi connectivity index (χ2n) is 4.66. The minimum absolute atomic E-state index is 0.0917. The molecule has 0 radical (unpaired) electrons. The molecule has 5 heteroatoms. The fourth-order valence-electron chi connectivity index (χ4n) is 2.19. The van der Waals surface area contributed by atoms with Crippen molar-refractivity contribution in [2.24, 2.45) is 11.5 Å². The van der Waals surface area contributed by atoms with E-state index in [0.29, 0.717) is 5.56 Å². The van der Waals surface area contributed by atoms with Crippen molar-refractivity contribution in [3.05, 3.63) is 35.4 Å². The van der Waals surface area contributed by atoms with Crippen LogP contribution in [0.1, 0.15) is 22.8 Å². The fraction of sp³-hybridized carbons (Fsp3) is 0.417. The van der Waals surface area contributed by atoms with E-state index in [1.165, 1.54) is 0 Å². The van der Waals surface area contributed by atoms with Crippen LogP contribution in [0.5, 0.6) is 0 Å². The highest BCUT2D eigenvalue weighted by molar-refractivity contribution is 5.92. The molecule has 1 fully saturated rings. The highest BCUT2D eigenvalue weighted by Gasteiger charge is 2.31. The molecule has 92 valence electrons. The normalized spacial score (nSPS) is 28.9. The fourth-order valence-corrected chi connectivity index (χ4v) is 2.19. The first-order valence-corrected chi connectivity index (χ1v) is 5.66. The van der Waals surface area contributed by atoms with Gasteiger partial charge >= 0.3 is 0 Å². The summed E-state index contributed by atoms with van der Waals surface area (Å²) in [7, 11) is 0. The zero-order chi connectivity index (χ0) is 12.5. The summed E-state index contributed by atoms with van der Waals surface area (Å²) in [5.41, 5.74) is 12.4. The molecule has 1 amide bonds. The average Bonchev–Trinajstić information content (AvgIpc) is 2.29. The first kappa shape index (κ1) is 12.0. The maximum atomic E-state index is 11.2. The Morgan fingerprint density at radius 2 is 2.29 bits per heavy atom. The highest BCUT2D eigenvalue weighted by Crippen LogP contribution is 2.23. The smallest absolute Gasteiger partial charge is 0.248 e. The summed E-state index contributed by atoms with van der Waals surface area (Å²) < 4.78 is 0. The monoisotopic (exact) mass is 234 g/mol. The number of piperazine rings is 1. The number of hydrogen-bond acceptors (Lipinski definition) is 4. The molecule has 1 heterocycles. The van der Waals surface area contributed by atoms with E-state index in [1.54, 1.807) is 6.07 Å². The Hall–Kier alpha value is -1.43. The number of hydrogen-bond donors (Lipinski definition) is 4. The van der Waals surface area contributed by atoms with E-state index in [1.807, 2.05) is 18.2 Å². The topological polar surface area (TPSA) is 93.2 Å². The molecule has 2 unspecified atom stereocenters. The third-order valence-electron chi connectivity index (χ3n) is 3.13. The molecule has 5 nitrogen and oxygen atoms in total. The summed E-state index contributed by atoms with van der Waals surface area (Å²) in [6, 6.07) is 7.34. The van der Waals surface area contributed by atoms with Crippen LogP contribution >= 0.6 is 0 Å². The molecule has 0 aliphatic carbocycles. The van der Waals surface area contributed by atoms with E-state index in [0.717, 1.165) is 18.7 Å². The van der Waals surface area contributed by atoms with Crippen molar-refractivity contribution in [2.75, 3.05) is 13.1 Å². The molecular formula is C12H18N4O. The standard InChI is InChI=1S/C12H18N4O/c1-12(7-15-6-10(13)16-12)9-4-2-3-8(5-9)11(14)17/h2-5,10,15-16H,6-7,13H2,1H3,(H2,14,17). The van der Waals surface area contributed by atoms with Gasteiger partial charge in [0, 0.05) is 18.7 Å². The first-order valence-electron chi connectivity index (χ1n) is 5.66. The first-order chi connectivity index (χ1) is 8.01. The number of primary amides is 1. The lowest BCUT2D eigenvalue weighted by Crippen LogP contribution is -2.63. The van der Waals surface area contributed by atoms with Crippen LogP contribution in [0, 0.1) is 0 Å². The van der Waals surface area contributed by atoms with Crippen LogP contribution < -0.4 is 22.1 Å². The van der Waals surface area contributed by atoms with Crippen molar-refractivity contribution in [2.45, 2.75) is 18.6 Å². The minimum Gasteiger partial charge on any atom is -0.366 e. The Labute approximate surface area is 101 Å². The van der Waals surface area contributed by atoms with Crippen molar-refractivity contribution in [3.8, 4) is 0 Å². The van der Waals surface area contributed by atoms with Crippen molar-refractivity contribution in [1.29, 1.82) is 0 Å². The lowest BCUT2D eigenvalue weighted by Gasteiger charge is -2.39. The van der Waals surface area contributed by atoms with Gasteiger partial charge in [0.15, 0.2) is 0 Å². The molecule has 1 saturated heterocycles. The van der Waals surface area contributed by atoms with Crippen LogP contribution in [0.3, 0.4) is 0 Å². The van der Waals surface area contributed by atoms with E-state index in [9.17, 15) is 4.79 Å². The van der Waals surface area contributed by atoms with E-state index in [2.05, 4.69) is 17.6 Å². The lowest BCUT2D eigenvalue weighted by atomic mass is 9.89. The van der Waals surface area contributed by atoms with Gasteiger partial charge in [0.1, 0.15) is 0 Å². The molecule has 0 bridgehead atoms. The van der Waals surface area contributed by atoms with Gasteiger partial charge in [-0.2, -0.15) is 0 Å². The van der Waals surface area contributed by atoms with Crippen LogP contribution in [0.25, 0.3) is 0 Å². The van der Waals surface area contributed by atoms with E-state index in [4.69, 9.17) is 11.5 Å². The minimum atomic E-state index is -0.413. The van der Waals surface area contributed by atoms with Crippen LogP contribution in [0.15, 0.2) is 24.3 Å².